The van der Waals surface area contributed by atoms with Gasteiger partial charge in [0.1, 0.15) is 12.1 Å². The third kappa shape index (κ3) is 16.3. The normalized spacial score (nSPS) is 14.9. The molecule has 0 aromatic carbocycles. The molecule has 0 N–H and O–H groups in total. The van der Waals surface area contributed by atoms with E-state index in [1.165, 1.54) is 0 Å². The van der Waals surface area contributed by atoms with Crippen LogP contribution in [0.4, 0.5) is 0 Å². The van der Waals surface area contributed by atoms with Crippen LogP contribution in [0.2, 0.25) is 0 Å². The Hall–Kier alpha value is -3.07. The molecule has 3 heteroatoms. The van der Waals surface area contributed by atoms with Crippen molar-refractivity contribution in [2.45, 2.75) is 67.7 Å². The second kappa shape index (κ2) is 16.5. The molecular formula is C30H40O3. The van der Waals surface area contributed by atoms with E-state index in [1.807, 2.05) is 95.4 Å². The zero-order chi connectivity index (χ0) is 25.3. The number of hydrogen-bond donors (Lipinski definition) is 0. The molecule has 0 aliphatic carbocycles. The Balaban J connectivity index is 4.77. The Labute approximate surface area is 200 Å². The standard InChI is InChI=1S/C30H40O3/c1-24(13-8-9-14-25(2)16-11-18-27(4)23-31)15-10-17-26(3)20-21-29(33)30(6,7)22-12-19-28(5)32/h8-11,13-18,20-21,23H,12,19,22H2,1-7H3/b9-8+,15-10+,16-11+,21-20+,24-13+,25-14+,26-17+,27-18+. The Morgan fingerprint density at radius 2 is 1.09 bits per heavy atom. The molecule has 0 fully saturated rings. The fourth-order valence-corrected chi connectivity index (χ4v) is 2.66. The lowest BCUT2D eigenvalue weighted by Gasteiger charge is -2.20. The maximum atomic E-state index is 12.5. The van der Waals surface area contributed by atoms with Crippen molar-refractivity contribution in [1.29, 1.82) is 0 Å². The van der Waals surface area contributed by atoms with Gasteiger partial charge in [-0.3, -0.25) is 9.59 Å². The molecule has 0 aromatic heterocycles. The fourth-order valence-electron chi connectivity index (χ4n) is 2.66. The molecule has 178 valence electrons. The SMILES string of the molecule is CC(=O)CCCC(C)(C)C(=O)/C=C/C(C)=C/C=C/C(C)=C/C=C/C=C(C)/C=C/C=C(\C)C=O. The smallest absolute Gasteiger partial charge is 0.161 e. The zero-order valence-corrected chi connectivity index (χ0v) is 21.4. The summed E-state index contributed by atoms with van der Waals surface area (Å²) in [7, 11) is 0. The first-order valence-corrected chi connectivity index (χ1v) is 11.4. The van der Waals surface area contributed by atoms with E-state index in [0.29, 0.717) is 18.4 Å². The van der Waals surface area contributed by atoms with Crippen molar-refractivity contribution in [2.75, 3.05) is 0 Å². The van der Waals surface area contributed by atoms with Gasteiger partial charge >= 0.3 is 0 Å². The predicted octanol–water partition coefficient (Wildman–Crippen LogP) is 7.55. The van der Waals surface area contributed by atoms with Gasteiger partial charge in [0.2, 0.25) is 0 Å². The van der Waals surface area contributed by atoms with Crippen LogP contribution in [0.15, 0.2) is 95.2 Å². The van der Waals surface area contributed by atoms with Gasteiger partial charge in [-0.25, -0.2) is 0 Å². The average Bonchev–Trinajstić information content (AvgIpc) is 2.74. The number of aldehydes is 1. The molecule has 0 rings (SSSR count). The van der Waals surface area contributed by atoms with Gasteiger partial charge in [0, 0.05) is 11.8 Å². The highest BCUT2D eigenvalue weighted by molar-refractivity contribution is 5.94. The molecule has 0 spiro atoms. The van der Waals surface area contributed by atoms with Crippen molar-refractivity contribution in [3.05, 3.63) is 95.2 Å². The van der Waals surface area contributed by atoms with Crippen LogP contribution in [0.3, 0.4) is 0 Å². The molecule has 0 radical (unpaired) electrons. The molecular weight excluding hydrogens is 408 g/mol. The lowest BCUT2D eigenvalue weighted by atomic mass is 9.82. The fraction of sp³-hybridized carbons (Fsp3) is 0.367. The van der Waals surface area contributed by atoms with E-state index < -0.39 is 5.41 Å². The number of hydrogen-bond acceptors (Lipinski definition) is 3. The highest BCUT2D eigenvalue weighted by Gasteiger charge is 2.24. The Morgan fingerprint density at radius 1 is 0.636 bits per heavy atom. The molecule has 0 aliphatic heterocycles. The van der Waals surface area contributed by atoms with Crippen LogP contribution >= 0.6 is 0 Å². The highest BCUT2D eigenvalue weighted by atomic mass is 16.1. The maximum Gasteiger partial charge on any atom is 0.161 e. The third-order valence-corrected chi connectivity index (χ3v) is 4.95. The number of ketones is 2. The first kappa shape index (κ1) is 29.9. The molecule has 0 aliphatic rings. The van der Waals surface area contributed by atoms with Crippen LogP contribution in [-0.2, 0) is 14.4 Å². The first-order valence-electron chi connectivity index (χ1n) is 11.4. The summed E-state index contributed by atoms with van der Waals surface area (Å²) in [6, 6.07) is 0. The van der Waals surface area contributed by atoms with E-state index in [2.05, 4.69) is 0 Å². The number of allylic oxidation sites excluding steroid dienone is 16. The lowest BCUT2D eigenvalue weighted by Crippen LogP contribution is -2.22. The van der Waals surface area contributed by atoms with Crippen molar-refractivity contribution in [3.63, 3.8) is 0 Å². The van der Waals surface area contributed by atoms with Crippen LogP contribution < -0.4 is 0 Å². The van der Waals surface area contributed by atoms with Crippen molar-refractivity contribution in [3.8, 4) is 0 Å². The second-order valence-electron chi connectivity index (χ2n) is 9.00. The van der Waals surface area contributed by atoms with Crippen molar-refractivity contribution in [1.82, 2.24) is 0 Å². The van der Waals surface area contributed by atoms with Crippen LogP contribution in [0, 0.1) is 5.41 Å². The van der Waals surface area contributed by atoms with Gasteiger partial charge in [-0.05, 0) is 59.1 Å². The minimum absolute atomic E-state index is 0.0806. The summed E-state index contributed by atoms with van der Waals surface area (Å²) in [5.74, 6) is 0.245. The third-order valence-electron chi connectivity index (χ3n) is 4.95. The number of Topliss-reactive ketones (excluding diaryl/α,β-unsaturated/α-hetero) is 1. The van der Waals surface area contributed by atoms with E-state index in [9.17, 15) is 14.4 Å². The van der Waals surface area contributed by atoms with E-state index >= 15 is 0 Å². The van der Waals surface area contributed by atoms with Gasteiger partial charge in [0.25, 0.3) is 0 Å². The van der Waals surface area contributed by atoms with Crippen LogP contribution in [0.25, 0.3) is 0 Å². The molecule has 0 aromatic rings. The maximum absolute atomic E-state index is 12.5. The molecule has 33 heavy (non-hydrogen) atoms. The molecule has 0 bridgehead atoms. The van der Waals surface area contributed by atoms with Gasteiger partial charge in [-0.1, -0.05) is 97.4 Å². The number of carbonyl (C=O) groups excluding carboxylic acids is 3. The van der Waals surface area contributed by atoms with E-state index in [4.69, 9.17) is 0 Å². The summed E-state index contributed by atoms with van der Waals surface area (Å²) >= 11 is 0. The van der Waals surface area contributed by atoms with Gasteiger partial charge in [-0.15, -0.1) is 0 Å². The lowest BCUT2D eigenvalue weighted by molar-refractivity contribution is -0.123. The summed E-state index contributed by atoms with van der Waals surface area (Å²) in [4.78, 5) is 34.1. The predicted molar refractivity (Wildman–Crippen MR) is 141 cm³/mol. The Bertz CT molecular complexity index is 910. The molecule has 0 saturated heterocycles. The van der Waals surface area contributed by atoms with Crippen molar-refractivity contribution < 1.29 is 14.4 Å². The van der Waals surface area contributed by atoms with Gasteiger partial charge < -0.3 is 4.79 Å². The summed E-state index contributed by atoms with van der Waals surface area (Å²) < 4.78 is 0. The second-order valence-corrected chi connectivity index (χ2v) is 9.00. The van der Waals surface area contributed by atoms with E-state index in [1.54, 1.807) is 26.0 Å². The zero-order valence-electron chi connectivity index (χ0n) is 21.4. The summed E-state index contributed by atoms with van der Waals surface area (Å²) in [6.45, 7) is 13.2. The monoisotopic (exact) mass is 448 g/mol. The molecule has 0 atom stereocenters. The number of rotatable bonds is 14. The molecule has 0 saturated carbocycles. The first-order chi connectivity index (χ1) is 15.5. The van der Waals surface area contributed by atoms with Crippen molar-refractivity contribution in [2.24, 2.45) is 5.41 Å². The minimum atomic E-state index is -0.457. The molecule has 0 heterocycles. The van der Waals surface area contributed by atoms with Crippen molar-refractivity contribution >= 4 is 17.9 Å². The summed E-state index contributed by atoms with van der Waals surface area (Å²) in [5.41, 5.74) is 3.42. The molecule has 0 amide bonds. The Kier molecular flexibility index (Phi) is 15.0. The van der Waals surface area contributed by atoms with Crippen LogP contribution in [0.5, 0.6) is 0 Å². The van der Waals surface area contributed by atoms with Crippen LogP contribution in [0.1, 0.15) is 67.7 Å². The quantitative estimate of drug-likeness (QED) is 0.157. The largest absolute Gasteiger partial charge is 0.300 e. The highest BCUT2D eigenvalue weighted by Crippen LogP contribution is 2.25. The number of carbonyl (C=O) groups is 3. The Morgan fingerprint density at radius 3 is 1.58 bits per heavy atom. The average molecular weight is 449 g/mol. The minimum Gasteiger partial charge on any atom is -0.300 e. The molecule has 3 nitrogen and oxygen atoms in total. The summed E-state index contributed by atoms with van der Waals surface area (Å²) in [6.07, 6.45) is 25.8. The molecule has 0 unspecified atom stereocenters. The van der Waals surface area contributed by atoms with E-state index in [-0.39, 0.29) is 11.6 Å². The van der Waals surface area contributed by atoms with Gasteiger partial charge in [-0.2, -0.15) is 0 Å². The van der Waals surface area contributed by atoms with Gasteiger partial charge in [0.05, 0.1) is 0 Å². The summed E-state index contributed by atoms with van der Waals surface area (Å²) in [5, 5.41) is 0. The van der Waals surface area contributed by atoms with Crippen LogP contribution in [-0.4, -0.2) is 17.9 Å². The van der Waals surface area contributed by atoms with E-state index in [0.717, 1.165) is 29.4 Å². The topological polar surface area (TPSA) is 51.2 Å². The van der Waals surface area contributed by atoms with Gasteiger partial charge in [0.15, 0.2) is 5.78 Å².